The second-order valence-corrected chi connectivity index (χ2v) is 18.6. The summed E-state index contributed by atoms with van der Waals surface area (Å²) in [7, 11) is -2.37. The third kappa shape index (κ3) is 7.62. The van der Waals surface area contributed by atoms with Crippen molar-refractivity contribution in [3.63, 3.8) is 0 Å². The summed E-state index contributed by atoms with van der Waals surface area (Å²) in [6, 6.07) is 7.91. The van der Waals surface area contributed by atoms with Crippen LogP contribution in [0.1, 0.15) is 94.0 Å². The van der Waals surface area contributed by atoms with Gasteiger partial charge in [0, 0.05) is 54.8 Å². The van der Waals surface area contributed by atoms with Crippen molar-refractivity contribution in [3.05, 3.63) is 48.2 Å². The van der Waals surface area contributed by atoms with E-state index in [0.717, 1.165) is 43.9 Å². The van der Waals surface area contributed by atoms with Gasteiger partial charge in [-0.2, -0.15) is 0 Å². The molecule has 0 radical (unpaired) electrons. The van der Waals surface area contributed by atoms with Gasteiger partial charge >= 0.3 is 5.97 Å². The zero-order valence-electron chi connectivity index (χ0n) is 31.8. The summed E-state index contributed by atoms with van der Waals surface area (Å²) in [4.78, 5) is 78.4. The molecule has 300 valence electrons. The van der Waals surface area contributed by atoms with Crippen molar-refractivity contribution in [2.75, 3.05) is 26.7 Å². The molecule has 5 fully saturated rings. The number of ether oxygens (including phenoxy) is 2. The first kappa shape index (κ1) is 38.3. The van der Waals surface area contributed by atoms with Crippen LogP contribution in [0, 0.1) is 23.7 Å². The van der Waals surface area contributed by atoms with Crippen LogP contribution in [-0.2, 0) is 33.9 Å². The molecule has 0 unspecified atom stereocenters. The van der Waals surface area contributed by atoms with Crippen molar-refractivity contribution in [3.8, 4) is 5.75 Å². The number of hydrogen-bond donors (Lipinski definition) is 2. The van der Waals surface area contributed by atoms with E-state index in [0.29, 0.717) is 43.4 Å². The Kier molecular flexibility index (Phi) is 10.6. The number of pyridine rings is 1. The van der Waals surface area contributed by atoms with Gasteiger partial charge in [-0.25, -0.2) is 13.4 Å². The summed E-state index contributed by atoms with van der Waals surface area (Å²) in [5, 5.41) is 3.09. The molecule has 3 aliphatic carbocycles. The fourth-order valence-electron chi connectivity index (χ4n) is 9.39. The SMILES string of the molecule is COc1cc(C(=O)N2C[C@H]3CN4C(=O)[C@H](CC(=O)OC5CCCC5)CCCCC/C=C\[C@@H]5C[C@@]5(C(=O)NS(=O)(=O)C5CC5)NC(=O)[C@@H]4[C@H]3C2)nc2ccccc12. The zero-order chi connectivity index (χ0) is 39.2. The number of para-hydroxylation sites is 1. The van der Waals surface area contributed by atoms with Gasteiger partial charge in [0.25, 0.3) is 11.8 Å². The normalized spacial score (nSPS) is 30.3. The third-order valence-corrected chi connectivity index (χ3v) is 14.6. The van der Waals surface area contributed by atoms with Gasteiger partial charge in [0.05, 0.1) is 24.3 Å². The van der Waals surface area contributed by atoms with Crippen LogP contribution in [0.25, 0.3) is 10.9 Å². The van der Waals surface area contributed by atoms with Crippen LogP contribution < -0.4 is 14.8 Å². The van der Waals surface area contributed by atoms with Crippen molar-refractivity contribution in [2.24, 2.45) is 23.7 Å². The van der Waals surface area contributed by atoms with Crippen LogP contribution in [0.3, 0.4) is 0 Å². The summed E-state index contributed by atoms with van der Waals surface area (Å²) < 4.78 is 39.5. The number of nitrogens with one attached hydrogen (secondary N) is 2. The first-order valence-corrected chi connectivity index (χ1v) is 21.8. The van der Waals surface area contributed by atoms with Crippen molar-refractivity contribution in [1.29, 1.82) is 0 Å². The van der Waals surface area contributed by atoms with Crippen LogP contribution in [0.5, 0.6) is 5.75 Å². The molecule has 15 heteroatoms. The number of fused-ring (bicyclic) bond motifs is 5. The maximum Gasteiger partial charge on any atom is 0.306 e. The number of hydrogen-bond acceptors (Lipinski definition) is 10. The van der Waals surface area contributed by atoms with Gasteiger partial charge in [-0.1, -0.05) is 37.1 Å². The second kappa shape index (κ2) is 15.4. The molecule has 14 nitrogen and oxygen atoms in total. The average molecular weight is 790 g/mol. The minimum Gasteiger partial charge on any atom is -0.496 e. The molecule has 2 N–H and O–H groups in total. The molecule has 0 bridgehead atoms. The highest BCUT2D eigenvalue weighted by atomic mass is 32.2. The zero-order valence-corrected chi connectivity index (χ0v) is 32.6. The fourth-order valence-corrected chi connectivity index (χ4v) is 10.8. The van der Waals surface area contributed by atoms with Crippen LogP contribution in [0.4, 0.5) is 0 Å². The summed E-state index contributed by atoms with van der Waals surface area (Å²) in [6.07, 6.45) is 11.9. The van der Waals surface area contributed by atoms with Crippen LogP contribution in [0.2, 0.25) is 0 Å². The van der Waals surface area contributed by atoms with Crippen molar-refractivity contribution < 1.29 is 41.9 Å². The number of aromatic nitrogens is 1. The Balaban J connectivity index is 1.09. The Morgan fingerprint density at radius 2 is 1.75 bits per heavy atom. The Morgan fingerprint density at radius 3 is 2.52 bits per heavy atom. The summed E-state index contributed by atoms with van der Waals surface area (Å²) in [5.74, 6) is -3.83. The van der Waals surface area contributed by atoms with Crippen LogP contribution in [0.15, 0.2) is 42.5 Å². The predicted molar refractivity (Wildman–Crippen MR) is 204 cm³/mol. The number of amides is 4. The first-order valence-electron chi connectivity index (χ1n) is 20.2. The van der Waals surface area contributed by atoms with Gasteiger partial charge in [-0.05, 0) is 76.3 Å². The number of rotatable bonds is 8. The van der Waals surface area contributed by atoms with Gasteiger partial charge in [-0.3, -0.25) is 28.7 Å². The van der Waals surface area contributed by atoms with Gasteiger partial charge in [0.1, 0.15) is 29.1 Å². The molecule has 4 heterocycles. The molecule has 56 heavy (non-hydrogen) atoms. The fraction of sp³-hybridized carbons (Fsp3) is 0.610. The number of esters is 1. The summed E-state index contributed by atoms with van der Waals surface area (Å²) in [5.41, 5.74) is -0.710. The maximum atomic E-state index is 14.7. The molecular formula is C41H51N5O9S. The van der Waals surface area contributed by atoms with E-state index in [1.54, 1.807) is 21.9 Å². The van der Waals surface area contributed by atoms with E-state index in [1.807, 2.05) is 30.4 Å². The van der Waals surface area contributed by atoms with Crippen LogP contribution >= 0.6 is 0 Å². The molecule has 1 aromatic carbocycles. The number of carbonyl (C=O) groups is 5. The lowest BCUT2D eigenvalue weighted by molar-refractivity contribution is -0.154. The lowest BCUT2D eigenvalue weighted by Crippen LogP contribution is -2.58. The topological polar surface area (TPSA) is 181 Å². The highest BCUT2D eigenvalue weighted by molar-refractivity contribution is 7.91. The largest absolute Gasteiger partial charge is 0.496 e. The monoisotopic (exact) mass is 789 g/mol. The van der Waals surface area contributed by atoms with E-state index in [2.05, 4.69) is 15.0 Å². The molecule has 4 amide bonds. The Bertz CT molecular complexity index is 2050. The Morgan fingerprint density at radius 1 is 0.982 bits per heavy atom. The third-order valence-electron chi connectivity index (χ3n) is 12.7. The molecule has 3 saturated carbocycles. The minimum absolute atomic E-state index is 0.0943. The van der Waals surface area contributed by atoms with E-state index in [9.17, 15) is 32.4 Å². The molecule has 2 saturated heterocycles. The summed E-state index contributed by atoms with van der Waals surface area (Å²) in [6.45, 7) is 0.584. The standard InChI is InChI=1S/C41H51N5O9S/c1-54-34-20-33(42-32-16-10-9-15-30(32)34)39(50)45-22-26-23-46-36(31(26)24-45)37(48)43-41(40(51)44-56(52,53)29-17-18-29)21-27(41)12-6-4-2-3-5-11-25(38(46)49)19-35(47)55-28-13-7-8-14-28/h6,9-10,12,15-16,20,25-29,31,36H,2-5,7-8,11,13-14,17-19,21-24H2,1H3,(H,43,48)(H,44,51)/b12-6-/t25-,26-,27+,31-,36-,41+/m0/s1. The van der Waals surface area contributed by atoms with Gasteiger partial charge in [0.2, 0.25) is 21.8 Å². The highest BCUT2D eigenvalue weighted by Crippen LogP contribution is 2.47. The van der Waals surface area contributed by atoms with E-state index in [-0.39, 0.29) is 62.0 Å². The number of carbonyl (C=O) groups excluding carboxylic acids is 5. The van der Waals surface area contributed by atoms with E-state index in [4.69, 9.17) is 9.47 Å². The van der Waals surface area contributed by atoms with Crippen LogP contribution in [-0.4, -0.2) is 102 Å². The maximum absolute atomic E-state index is 14.7. The number of sulfonamides is 1. The molecule has 3 aliphatic heterocycles. The number of benzene rings is 1. The van der Waals surface area contributed by atoms with E-state index in [1.165, 1.54) is 7.11 Å². The lowest BCUT2D eigenvalue weighted by atomic mass is 9.92. The molecular weight excluding hydrogens is 739 g/mol. The van der Waals surface area contributed by atoms with E-state index < -0.39 is 62.4 Å². The van der Waals surface area contributed by atoms with Crippen molar-refractivity contribution in [1.82, 2.24) is 24.8 Å². The van der Waals surface area contributed by atoms with Crippen molar-refractivity contribution >= 4 is 50.5 Å². The predicted octanol–water partition coefficient (Wildman–Crippen LogP) is 3.64. The Hall–Kier alpha value is -4.53. The molecule has 6 aliphatic rings. The Labute approximate surface area is 327 Å². The average Bonchev–Trinajstić information content (AvgIpc) is 4.00. The highest BCUT2D eigenvalue weighted by Gasteiger charge is 2.63. The van der Waals surface area contributed by atoms with Crippen molar-refractivity contribution in [2.45, 2.75) is 106 Å². The lowest BCUT2D eigenvalue weighted by Gasteiger charge is -2.32. The molecule has 1 aromatic heterocycles. The quantitative estimate of drug-likeness (QED) is 0.296. The minimum atomic E-state index is -3.90. The first-order chi connectivity index (χ1) is 27.0. The van der Waals surface area contributed by atoms with Gasteiger partial charge in [-0.15, -0.1) is 0 Å². The number of allylic oxidation sites excluding steroid dienone is 1. The summed E-state index contributed by atoms with van der Waals surface area (Å²) >= 11 is 0. The van der Waals surface area contributed by atoms with E-state index >= 15 is 0 Å². The second-order valence-electron chi connectivity index (χ2n) is 16.6. The smallest absolute Gasteiger partial charge is 0.306 e. The number of methoxy groups -OCH3 is 1. The van der Waals surface area contributed by atoms with Gasteiger partial charge < -0.3 is 24.6 Å². The molecule has 6 atom stereocenters. The molecule has 2 aromatic rings. The van der Waals surface area contributed by atoms with Gasteiger partial charge in [0.15, 0.2) is 0 Å². The molecule has 8 rings (SSSR count). The number of likely N-dealkylation sites (tertiary alicyclic amines) is 1. The number of nitrogens with zero attached hydrogens (tertiary/aromatic N) is 3. The molecule has 0 spiro atoms.